The van der Waals surface area contributed by atoms with Crippen LogP contribution in [0, 0.1) is 0 Å². The van der Waals surface area contributed by atoms with Crippen molar-refractivity contribution in [1.29, 1.82) is 0 Å². The normalized spacial score (nSPS) is 11.6. The third-order valence-electron chi connectivity index (χ3n) is 2.43. The van der Waals surface area contributed by atoms with Gasteiger partial charge in [0, 0.05) is 30.3 Å². The summed E-state index contributed by atoms with van der Waals surface area (Å²) in [5.41, 5.74) is 0.193. The Morgan fingerprint density at radius 2 is 2.06 bits per heavy atom. The number of benzene rings is 1. The second-order valence-corrected chi connectivity index (χ2v) is 3.77. The molecule has 6 heteroatoms. The van der Waals surface area contributed by atoms with Crippen molar-refractivity contribution in [3.05, 3.63) is 42.5 Å². The van der Waals surface area contributed by atoms with Crippen molar-refractivity contribution < 1.29 is 13.2 Å². The van der Waals surface area contributed by atoms with E-state index >= 15 is 0 Å². The number of aromatic nitrogens is 2. The minimum Gasteiger partial charge on any atom is -0.385 e. The Kier molecular flexibility index (Phi) is 3.27. The lowest BCUT2D eigenvalue weighted by Gasteiger charge is -2.13. The van der Waals surface area contributed by atoms with E-state index in [0.717, 1.165) is 12.1 Å². The number of nitrogens with zero attached hydrogens (tertiary/aromatic N) is 2. The standard InChI is InChI=1S/C12H12F3N3/c1-2-17-10-5-9(12(13,14)15)6-11(7-10)18-4-3-16-8-18/h3-8,17H,2H2,1H3. The molecule has 0 aliphatic rings. The second-order valence-electron chi connectivity index (χ2n) is 3.77. The first-order valence-electron chi connectivity index (χ1n) is 5.45. The zero-order chi connectivity index (χ0) is 13.2. The van der Waals surface area contributed by atoms with Gasteiger partial charge in [0.05, 0.1) is 11.9 Å². The Labute approximate surface area is 102 Å². The van der Waals surface area contributed by atoms with Gasteiger partial charge in [-0.2, -0.15) is 13.2 Å². The largest absolute Gasteiger partial charge is 0.416 e. The van der Waals surface area contributed by atoms with Gasteiger partial charge >= 0.3 is 6.18 Å². The van der Waals surface area contributed by atoms with Gasteiger partial charge in [-0.3, -0.25) is 0 Å². The quantitative estimate of drug-likeness (QED) is 0.911. The Morgan fingerprint density at radius 3 is 2.61 bits per heavy atom. The predicted octanol–water partition coefficient (Wildman–Crippen LogP) is 3.32. The van der Waals surface area contributed by atoms with E-state index in [0.29, 0.717) is 17.9 Å². The van der Waals surface area contributed by atoms with Crippen LogP contribution in [0.25, 0.3) is 5.69 Å². The molecule has 0 unspecified atom stereocenters. The summed E-state index contributed by atoms with van der Waals surface area (Å²) in [5.74, 6) is 0. The van der Waals surface area contributed by atoms with E-state index in [1.54, 1.807) is 12.3 Å². The number of hydrogen-bond donors (Lipinski definition) is 1. The van der Waals surface area contributed by atoms with Gasteiger partial charge in [0.1, 0.15) is 0 Å². The molecule has 0 atom stereocenters. The lowest BCUT2D eigenvalue weighted by atomic mass is 10.1. The molecule has 18 heavy (non-hydrogen) atoms. The number of anilines is 1. The van der Waals surface area contributed by atoms with E-state index in [1.807, 2.05) is 6.92 Å². The van der Waals surface area contributed by atoms with Crippen LogP contribution >= 0.6 is 0 Å². The van der Waals surface area contributed by atoms with E-state index in [9.17, 15) is 13.2 Å². The van der Waals surface area contributed by atoms with Crippen molar-refractivity contribution in [3.8, 4) is 5.69 Å². The lowest BCUT2D eigenvalue weighted by Crippen LogP contribution is -2.08. The second kappa shape index (κ2) is 4.72. The van der Waals surface area contributed by atoms with Gasteiger partial charge in [0.25, 0.3) is 0 Å². The van der Waals surface area contributed by atoms with Crippen LogP contribution in [0.3, 0.4) is 0 Å². The SMILES string of the molecule is CCNc1cc(-n2ccnc2)cc(C(F)(F)F)c1. The van der Waals surface area contributed by atoms with Gasteiger partial charge < -0.3 is 9.88 Å². The number of halogens is 3. The van der Waals surface area contributed by atoms with E-state index in [1.165, 1.54) is 17.1 Å². The summed E-state index contributed by atoms with van der Waals surface area (Å²) in [7, 11) is 0. The first kappa shape index (κ1) is 12.5. The van der Waals surface area contributed by atoms with Gasteiger partial charge in [-0.25, -0.2) is 4.98 Å². The number of alkyl halides is 3. The van der Waals surface area contributed by atoms with Crippen LogP contribution in [0.1, 0.15) is 12.5 Å². The van der Waals surface area contributed by atoms with E-state index in [2.05, 4.69) is 10.3 Å². The highest BCUT2D eigenvalue weighted by Crippen LogP contribution is 2.32. The summed E-state index contributed by atoms with van der Waals surface area (Å²) in [6.07, 6.45) is 0.227. The van der Waals surface area contributed by atoms with Crippen molar-refractivity contribution in [2.75, 3.05) is 11.9 Å². The van der Waals surface area contributed by atoms with E-state index in [-0.39, 0.29) is 0 Å². The summed E-state index contributed by atoms with van der Waals surface area (Å²) in [6, 6.07) is 3.85. The molecule has 1 aromatic carbocycles. The molecule has 2 aromatic rings. The van der Waals surface area contributed by atoms with Gasteiger partial charge in [-0.05, 0) is 25.1 Å². The van der Waals surface area contributed by atoms with Gasteiger partial charge in [-0.1, -0.05) is 0 Å². The maximum atomic E-state index is 12.8. The van der Waals surface area contributed by atoms with Crippen molar-refractivity contribution >= 4 is 5.69 Å². The summed E-state index contributed by atoms with van der Waals surface area (Å²) in [5, 5.41) is 2.89. The molecule has 0 amide bonds. The molecule has 1 aromatic heterocycles. The van der Waals surface area contributed by atoms with Crippen LogP contribution in [-0.4, -0.2) is 16.1 Å². The molecule has 0 fully saturated rings. The third kappa shape index (κ3) is 2.64. The first-order chi connectivity index (χ1) is 8.50. The molecule has 3 nitrogen and oxygen atoms in total. The first-order valence-corrected chi connectivity index (χ1v) is 5.45. The van der Waals surface area contributed by atoms with Gasteiger partial charge in [-0.15, -0.1) is 0 Å². The highest BCUT2D eigenvalue weighted by Gasteiger charge is 2.31. The fourth-order valence-electron chi connectivity index (χ4n) is 1.64. The third-order valence-corrected chi connectivity index (χ3v) is 2.43. The number of rotatable bonds is 3. The fourth-order valence-corrected chi connectivity index (χ4v) is 1.64. The summed E-state index contributed by atoms with van der Waals surface area (Å²) >= 11 is 0. The van der Waals surface area contributed by atoms with E-state index < -0.39 is 11.7 Å². The molecule has 0 aliphatic carbocycles. The molecule has 0 bridgehead atoms. The monoisotopic (exact) mass is 255 g/mol. The van der Waals surface area contributed by atoms with Gasteiger partial charge in [0.15, 0.2) is 0 Å². The number of imidazole rings is 1. The molecule has 0 saturated carbocycles. The summed E-state index contributed by atoms with van der Waals surface area (Å²) in [4.78, 5) is 3.83. The summed E-state index contributed by atoms with van der Waals surface area (Å²) < 4.78 is 39.9. The smallest absolute Gasteiger partial charge is 0.385 e. The minimum absolute atomic E-state index is 0.429. The molecule has 0 aliphatic heterocycles. The Morgan fingerprint density at radius 1 is 1.28 bits per heavy atom. The van der Waals surface area contributed by atoms with Crippen LogP contribution in [0.15, 0.2) is 36.9 Å². The van der Waals surface area contributed by atoms with Crippen LogP contribution in [0.4, 0.5) is 18.9 Å². The van der Waals surface area contributed by atoms with E-state index in [4.69, 9.17) is 0 Å². The molecule has 0 spiro atoms. The molecular weight excluding hydrogens is 243 g/mol. The van der Waals surface area contributed by atoms with Crippen molar-refractivity contribution in [1.82, 2.24) is 9.55 Å². The molecule has 2 rings (SSSR count). The Balaban J connectivity index is 2.50. The molecular formula is C12H12F3N3. The van der Waals surface area contributed by atoms with Crippen molar-refractivity contribution in [3.63, 3.8) is 0 Å². The van der Waals surface area contributed by atoms with Crippen LogP contribution in [0.2, 0.25) is 0 Å². The Bertz CT molecular complexity index is 518. The average molecular weight is 255 g/mol. The van der Waals surface area contributed by atoms with Gasteiger partial charge in [0.2, 0.25) is 0 Å². The summed E-state index contributed by atoms with van der Waals surface area (Å²) in [6.45, 7) is 2.39. The zero-order valence-corrected chi connectivity index (χ0v) is 9.70. The predicted molar refractivity (Wildman–Crippen MR) is 62.7 cm³/mol. The maximum absolute atomic E-state index is 12.8. The molecule has 0 radical (unpaired) electrons. The number of nitrogens with one attached hydrogen (secondary N) is 1. The molecule has 1 heterocycles. The van der Waals surface area contributed by atoms with Crippen molar-refractivity contribution in [2.45, 2.75) is 13.1 Å². The average Bonchev–Trinajstić information content (AvgIpc) is 2.81. The topological polar surface area (TPSA) is 29.9 Å². The zero-order valence-electron chi connectivity index (χ0n) is 9.70. The molecule has 1 N–H and O–H groups in total. The Hall–Kier alpha value is -1.98. The molecule has 0 saturated heterocycles. The van der Waals surface area contributed by atoms with Crippen LogP contribution < -0.4 is 5.32 Å². The number of hydrogen-bond acceptors (Lipinski definition) is 2. The van der Waals surface area contributed by atoms with Crippen molar-refractivity contribution in [2.24, 2.45) is 0 Å². The fraction of sp³-hybridized carbons (Fsp3) is 0.250. The maximum Gasteiger partial charge on any atom is 0.416 e. The highest BCUT2D eigenvalue weighted by atomic mass is 19.4. The minimum atomic E-state index is -4.36. The van der Waals surface area contributed by atoms with Crippen LogP contribution in [0.5, 0.6) is 0 Å². The highest BCUT2D eigenvalue weighted by molar-refractivity contribution is 5.54. The lowest BCUT2D eigenvalue weighted by molar-refractivity contribution is -0.137. The molecule has 96 valence electrons. The van der Waals surface area contributed by atoms with Crippen LogP contribution in [-0.2, 0) is 6.18 Å².